The van der Waals surface area contributed by atoms with E-state index in [0.29, 0.717) is 5.82 Å². The molecule has 0 aromatic carbocycles. The summed E-state index contributed by atoms with van der Waals surface area (Å²) in [6.45, 7) is 1.73. The maximum Gasteiger partial charge on any atom is 0.242 e. The van der Waals surface area contributed by atoms with Crippen LogP contribution in [0.15, 0.2) is 0 Å². The number of rotatable bonds is 3. The van der Waals surface area contributed by atoms with Gasteiger partial charge in [0.05, 0.1) is 6.07 Å². The smallest absolute Gasteiger partial charge is 0.242 e. The molecule has 0 saturated carbocycles. The van der Waals surface area contributed by atoms with Gasteiger partial charge in [0.1, 0.15) is 18.9 Å². The summed E-state index contributed by atoms with van der Waals surface area (Å²) in [5, 5.41) is 21.1. The normalized spacial score (nSPS) is 9.23. The zero-order chi connectivity index (χ0) is 9.68. The van der Waals surface area contributed by atoms with Crippen molar-refractivity contribution in [2.24, 2.45) is 0 Å². The molecule has 0 radical (unpaired) electrons. The zero-order valence-electron chi connectivity index (χ0n) is 7.06. The van der Waals surface area contributed by atoms with Gasteiger partial charge >= 0.3 is 0 Å². The largest absolute Gasteiger partial charge is 0.341 e. The van der Waals surface area contributed by atoms with E-state index in [1.54, 1.807) is 13.0 Å². The van der Waals surface area contributed by atoms with E-state index in [-0.39, 0.29) is 19.0 Å². The van der Waals surface area contributed by atoms with Gasteiger partial charge in [-0.05, 0) is 17.4 Å². The van der Waals surface area contributed by atoms with Gasteiger partial charge in [-0.15, -0.1) is 5.10 Å². The third-order valence-electron chi connectivity index (χ3n) is 1.37. The average molecular weight is 180 g/mol. The van der Waals surface area contributed by atoms with E-state index in [4.69, 9.17) is 5.26 Å². The molecular formula is C6H8N6O. The van der Waals surface area contributed by atoms with Crippen LogP contribution >= 0.6 is 0 Å². The summed E-state index contributed by atoms with van der Waals surface area (Å²) in [7, 11) is 0. The predicted molar refractivity (Wildman–Crippen MR) is 41.2 cm³/mol. The average Bonchev–Trinajstić information content (AvgIpc) is 2.48. The first kappa shape index (κ1) is 9.12. The van der Waals surface area contributed by atoms with Gasteiger partial charge in [0.25, 0.3) is 0 Å². The molecule has 13 heavy (non-hydrogen) atoms. The van der Waals surface area contributed by atoms with E-state index in [1.807, 2.05) is 0 Å². The van der Waals surface area contributed by atoms with Crippen molar-refractivity contribution in [2.75, 3.05) is 6.54 Å². The molecule has 1 rings (SSSR count). The first-order valence-electron chi connectivity index (χ1n) is 3.60. The van der Waals surface area contributed by atoms with Crippen molar-refractivity contribution >= 4 is 5.91 Å². The SMILES string of the molecule is Cc1nnnn1CC(=O)NCC#N. The molecule has 0 unspecified atom stereocenters. The van der Waals surface area contributed by atoms with Crippen LogP contribution in [0.2, 0.25) is 0 Å². The highest BCUT2D eigenvalue weighted by Gasteiger charge is 2.05. The van der Waals surface area contributed by atoms with Crippen molar-refractivity contribution in [1.29, 1.82) is 5.26 Å². The molecule has 0 saturated heterocycles. The Morgan fingerprint density at radius 2 is 2.54 bits per heavy atom. The summed E-state index contributed by atoms with van der Waals surface area (Å²) in [6.07, 6.45) is 0. The lowest BCUT2D eigenvalue weighted by Crippen LogP contribution is -2.28. The van der Waals surface area contributed by atoms with Gasteiger partial charge in [-0.2, -0.15) is 5.26 Å². The Morgan fingerprint density at radius 1 is 1.77 bits per heavy atom. The molecule has 7 nitrogen and oxygen atoms in total. The van der Waals surface area contributed by atoms with Crippen molar-refractivity contribution in [1.82, 2.24) is 25.5 Å². The van der Waals surface area contributed by atoms with E-state index < -0.39 is 0 Å². The Bertz CT molecular complexity index is 337. The number of amides is 1. The second-order valence-corrected chi connectivity index (χ2v) is 2.32. The number of aryl methyl sites for hydroxylation is 1. The van der Waals surface area contributed by atoms with Crippen LogP contribution in [0.5, 0.6) is 0 Å². The highest BCUT2D eigenvalue weighted by atomic mass is 16.2. The minimum absolute atomic E-state index is 0.00000661. The fourth-order valence-electron chi connectivity index (χ4n) is 0.725. The van der Waals surface area contributed by atoms with Crippen molar-refractivity contribution in [3.8, 4) is 6.07 Å². The maximum absolute atomic E-state index is 11.0. The number of tetrazole rings is 1. The van der Waals surface area contributed by atoms with Crippen LogP contribution in [0.3, 0.4) is 0 Å². The lowest BCUT2D eigenvalue weighted by molar-refractivity contribution is -0.121. The molecule has 0 atom stereocenters. The molecule has 0 aliphatic heterocycles. The van der Waals surface area contributed by atoms with Gasteiger partial charge in [-0.3, -0.25) is 4.79 Å². The van der Waals surface area contributed by atoms with E-state index in [0.717, 1.165) is 0 Å². The van der Waals surface area contributed by atoms with Crippen LogP contribution in [0.1, 0.15) is 5.82 Å². The second kappa shape index (κ2) is 4.15. The predicted octanol–water partition coefficient (Wildman–Crippen LogP) is -1.38. The van der Waals surface area contributed by atoms with E-state index in [1.165, 1.54) is 4.68 Å². The lowest BCUT2D eigenvalue weighted by Gasteiger charge is -2.00. The topological polar surface area (TPSA) is 96.5 Å². The number of hydrogen-bond donors (Lipinski definition) is 1. The highest BCUT2D eigenvalue weighted by molar-refractivity contribution is 5.75. The summed E-state index contributed by atoms with van der Waals surface area (Å²) in [5.74, 6) is 0.282. The molecule has 1 amide bonds. The zero-order valence-corrected chi connectivity index (χ0v) is 7.06. The van der Waals surface area contributed by atoms with Crippen molar-refractivity contribution in [2.45, 2.75) is 13.5 Å². The molecule has 0 fully saturated rings. The second-order valence-electron chi connectivity index (χ2n) is 2.32. The van der Waals surface area contributed by atoms with Crippen LogP contribution in [0.4, 0.5) is 0 Å². The Balaban J connectivity index is 2.46. The summed E-state index contributed by atoms with van der Waals surface area (Å²) in [6, 6.07) is 1.80. The Kier molecular flexibility index (Phi) is 2.92. The molecule has 0 aliphatic carbocycles. The quantitative estimate of drug-likeness (QED) is 0.578. The Hall–Kier alpha value is -1.97. The molecule has 1 heterocycles. The minimum Gasteiger partial charge on any atom is -0.341 e. The Morgan fingerprint density at radius 3 is 3.08 bits per heavy atom. The summed E-state index contributed by atoms with van der Waals surface area (Å²) < 4.78 is 1.35. The molecule has 7 heteroatoms. The first-order chi connectivity index (χ1) is 6.24. The molecule has 0 aliphatic rings. The van der Waals surface area contributed by atoms with E-state index >= 15 is 0 Å². The molecule has 1 aromatic rings. The summed E-state index contributed by atoms with van der Waals surface area (Å²) in [4.78, 5) is 11.0. The van der Waals surface area contributed by atoms with Gasteiger partial charge in [0.15, 0.2) is 0 Å². The van der Waals surface area contributed by atoms with E-state index in [9.17, 15) is 4.79 Å². The number of aromatic nitrogens is 4. The highest BCUT2D eigenvalue weighted by Crippen LogP contribution is 1.86. The van der Waals surface area contributed by atoms with Crippen molar-refractivity contribution < 1.29 is 4.79 Å². The van der Waals surface area contributed by atoms with Gasteiger partial charge in [0, 0.05) is 0 Å². The monoisotopic (exact) mass is 180 g/mol. The number of hydrogen-bond acceptors (Lipinski definition) is 5. The summed E-state index contributed by atoms with van der Waals surface area (Å²) >= 11 is 0. The maximum atomic E-state index is 11.0. The molecule has 1 aromatic heterocycles. The standard InChI is InChI=1S/C6H8N6O/c1-5-9-10-11-12(5)4-6(13)8-3-2-7/h3-4H2,1H3,(H,8,13). The molecule has 0 spiro atoms. The van der Waals surface area contributed by atoms with Crippen LogP contribution in [0.25, 0.3) is 0 Å². The van der Waals surface area contributed by atoms with Crippen LogP contribution in [-0.4, -0.2) is 32.7 Å². The van der Waals surface area contributed by atoms with E-state index in [2.05, 4.69) is 20.8 Å². The van der Waals surface area contributed by atoms with Crippen LogP contribution < -0.4 is 5.32 Å². The van der Waals surface area contributed by atoms with Gasteiger partial charge < -0.3 is 5.32 Å². The van der Waals surface area contributed by atoms with Crippen molar-refractivity contribution in [3.63, 3.8) is 0 Å². The lowest BCUT2D eigenvalue weighted by atomic mass is 10.5. The third-order valence-corrected chi connectivity index (χ3v) is 1.37. The van der Waals surface area contributed by atoms with Crippen LogP contribution in [-0.2, 0) is 11.3 Å². The van der Waals surface area contributed by atoms with Gasteiger partial charge in [-0.25, -0.2) is 4.68 Å². The number of nitrogens with one attached hydrogen (secondary N) is 1. The third kappa shape index (κ3) is 2.52. The van der Waals surface area contributed by atoms with Gasteiger partial charge in [-0.1, -0.05) is 0 Å². The van der Waals surface area contributed by atoms with Gasteiger partial charge in [0.2, 0.25) is 5.91 Å². The van der Waals surface area contributed by atoms with Crippen molar-refractivity contribution in [3.05, 3.63) is 5.82 Å². The fraction of sp³-hybridized carbons (Fsp3) is 0.500. The number of nitriles is 1. The Labute approximate surface area is 74.3 Å². The minimum atomic E-state index is -0.281. The fourth-order valence-corrected chi connectivity index (χ4v) is 0.725. The van der Waals surface area contributed by atoms with Crippen LogP contribution in [0, 0.1) is 18.3 Å². The number of carbonyl (C=O) groups is 1. The molecule has 68 valence electrons. The first-order valence-corrected chi connectivity index (χ1v) is 3.60. The molecule has 1 N–H and O–H groups in total. The molecule has 0 bridgehead atoms. The molecular weight excluding hydrogens is 172 g/mol. The number of nitrogens with zero attached hydrogens (tertiary/aromatic N) is 5. The summed E-state index contributed by atoms with van der Waals surface area (Å²) in [5.41, 5.74) is 0. The number of carbonyl (C=O) groups excluding carboxylic acids is 1.